The topological polar surface area (TPSA) is 84.0 Å². The number of benzene rings is 2. The highest BCUT2D eigenvalue weighted by atomic mass is 16.5. The minimum absolute atomic E-state index is 0.0117. The molecule has 0 fully saturated rings. The monoisotopic (exact) mass is 398 g/mol. The van der Waals surface area contributed by atoms with E-state index in [1.165, 1.54) is 6.92 Å². The van der Waals surface area contributed by atoms with Crippen molar-refractivity contribution in [1.29, 1.82) is 0 Å². The number of ether oxygens (including phenoxy) is 2. The highest BCUT2D eigenvalue weighted by molar-refractivity contribution is 5.88. The summed E-state index contributed by atoms with van der Waals surface area (Å²) in [6.07, 6.45) is -0.0117. The van der Waals surface area contributed by atoms with Gasteiger partial charge in [0.2, 0.25) is 5.91 Å². The Bertz CT molecular complexity index is 823. The number of guanidine groups is 1. The Kier molecular flexibility index (Phi) is 8.82. The fourth-order valence-corrected chi connectivity index (χ4v) is 2.61. The molecule has 156 valence electrons. The first kappa shape index (κ1) is 22.1. The van der Waals surface area contributed by atoms with Crippen molar-refractivity contribution in [3.05, 3.63) is 54.1 Å². The van der Waals surface area contributed by atoms with Crippen molar-refractivity contribution in [2.75, 3.05) is 32.1 Å². The number of amides is 1. The van der Waals surface area contributed by atoms with Crippen LogP contribution < -0.4 is 25.4 Å². The lowest BCUT2D eigenvalue weighted by Gasteiger charge is -2.19. The summed E-state index contributed by atoms with van der Waals surface area (Å²) in [4.78, 5) is 15.3. The molecule has 0 aliphatic heterocycles. The van der Waals surface area contributed by atoms with Gasteiger partial charge < -0.3 is 25.4 Å². The summed E-state index contributed by atoms with van der Waals surface area (Å²) >= 11 is 0. The predicted octanol–water partition coefficient (Wildman–Crippen LogP) is 2.96. The van der Waals surface area contributed by atoms with Crippen LogP contribution in [-0.4, -0.2) is 44.7 Å². The molecule has 0 bridgehead atoms. The van der Waals surface area contributed by atoms with Gasteiger partial charge in [0, 0.05) is 25.7 Å². The van der Waals surface area contributed by atoms with Crippen LogP contribution in [0.2, 0.25) is 0 Å². The van der Waals surface area contributed by atoms with Gasteiger partial charge in [-0.15, -0.1) is 0 Å². The lowest BCUT2D eigenvalue weighted by atomic mass is 10.2. The van der Waals surface area contributed by atoms with Crippen LogP contribution in [0.5, 0.6) is 11.5 Å². The number of carbonyl (C=O) groups is 1. The van der Waals surface area contributed by atoms with E-state index in [-0.39, 0.29) is 12.0 Å². The number of para-hydroxylation sites is 1. The van der Waals surface area contributed by atoms with Crippen molar-refractivity contribution in [2.24, 2.45) is 4.99 Å². The molecule has 1 atom stereocenters. The molecule has 0 aliphatic carbocycles. The minimum atomic E-state index is -0.112. The molecule has 0 spiro atoms. The van der Waals surface area contributed by atoms with Crippen molar-refractivity contribution in [3.63, 3.8) is 0 Å². The molecule has 3 N–H and O–H groups in total. The van der Waals surface area contributed by atoms with Crippen LogP contribution in [0.1, 0.15) is 19.4 Å². The summed E-state index contributed by atoms with van der Waals surface area (Å²) in [5, 5.41) is 9.19. The highest BCUT2D eigenvalue weighted by Gasteiger charge is 2.07. The number of anilines is 1. The van der Waals surface area contributed by atoms with Crippen LogP contribution in [0, 0.1) is 6.92 Å². The first-order chi connectivity index (χ1) is 14.0. The van der Waals surface area contributed by atoms with Crippen LogP contribution in [0.15, 0.2) is 53.5 Å². The number of aryl methyl sites for hydroxylation is 1. The Hall–Kier alpha value is -3.22. The van der Waals surface area contributed by atoms with Gasteiger partial charge in [0.1, 0.15) is 24.2 Å². The largest absolute Gasteiger partial charge is 0.492 e. The molecule has 0 heterocycles. The standard InChI is InChI=1S/C22H30N4O3/c1-16-8-5-6-11-21(16)29-17(2)15-25-22(23-4)24-12-13-28-20-10-7-9-19(14-20)26-18(3)27/h5-11,14,17H,12-13,15H2,1-4H3,(H,26,27)(H2,23,24,25). The van der Waals surface area contributed by atoms with E-state index in [4.69, 9.17) is 9.47 Å². The average Bonchev–Trinajstić information content (AvgIpc) is 2.69. The van der Waals surface area contributed by atoms with Crippen molar-refractivity contribution >= 4 is 17.6 Å². The molecule has 0 radical (unpaired) electrons. The van der Waals surface area contributed by atoms with Crippen molar-refractivity contribution < 1.29 is 14.3 Å². The van der Waals surface area contributed by atoms with E-state index in [1.54, 1.807) is 13.1 Å². The molecule has 0 aliphatic rings. The Morgan fingerprint density at radius 2 is 1.93 bits per heavy atom. The quantitative estimate of drug-likeness (QED) is 0.344. The zero-order valence-electron chi connectivity index (χ0n) is 17.5. The van der Waals surface area contributed by atoms with E-state index in [1.807, 2.05) is 56.3 Å². The molecule has 0 saturated carbocycles. The van der Waals surface area contributed by atoms with Gasteiger partial charge in [0.15, 0.2) is 5.96 Å². The number of carbonyl (C=O) groups excluding carboxylic acids is 1. The van der Waals surface area contributed by atoms with Gasteiger partial charge >= 0.3 is 0 Å². The summed E-state index contributed by atoms with van der Waals surface area (Å²) in [5.41, 5.74) is 1.82. The second kappa shape index (κ2) is 11.6. The molecular formula is C22H30N4O3. The second-order valence-corrected chi connectivity index (χ2v) is 6.63. The fraction of sp³-hybridized carbons (Fsp3) is 0.364. The van der Waals surface area contributed by atoms with Crippen molar-refractivity contribution in [1.82, 2.24) is 10.6 Å². The zero-order chi connectivity index (χ0) is 21.1. The molecule has 29 heavy (non-hydrogen) atoms. The third-order valence-corrected chi connectivity index (χ3v) is 4.02. The third kappa shape index (κ3) is 8.13. The van der Waals surface area contributed by atoms with Crippen LogP contribution >= 0.6 is 0 Å². The number of nitrogens with one attached hydrogen (secondary N) is 3. The van der Waals surface area contributed by atoms with Crippen molar-refractivity contribution in [2.45, 2.75) is 26.9 Å². The molecule has 0 saturated heterocycles. The maximum Gasteiger partial charge on any atom is 0.221 e. The van der Waals surface area contributed by atoms with E-state index in [2.05, 4.69) is 20.9 Å². The molecule has 2 aromatic rings. The number of hydrogen-bond acceptors (Lipinski definition) is 4. The molecule has 2 aromatic carbocycles. The number of nitrogens with zero attached hydrogens (tertiary/aromatic N) is 1. The Morgan fingerprint density at radius 1 is 1.14 bits per heavy atom. The number of rotatable bonds is 9. The molecule has 2 rings (SSSR count). The minimum Gasteiger partial charge on any atom is -0.492 e. The summed E-state index contributed by atoms with van der Waals surface area (Å²) < 4.78 is 11.7. The van der Waals surface area contributed by atoms with Gasteiger partial charge in [-0.05, 0) is 37.6 Å². The maximum atomic E-state index is 11.1. The Labute approximate surface area is 172 Å². The maximum absolute atomic E-state index is 11.1. The second-order valence-electron chi connectivity index (χ2n) is 6.63. The van der Waals surface area contributed by atoms with E-state index in [9.17, 15) is 4.79 Å². The smallest absolute Gasteiger partial charge is 0.221 e. The van der Waals surface area contributed by atoms with Gasteiger partial charge in [0.05, 0.1) is 13.1 Å². The summed E-state index contributed by atoms with van der Waals surface area (Å²) in [5.74, 6) is 2.15. The van der Waals surface area contributed by atoms with Crippen LogP contribution in [-0.2, 0) is 4.79 Å². The fourth-order valence-electron chi connectivity index (χ4n) is 2.61. The van der Waals surface area contributed by atoms with Gasteiger partial charge in [-0.2, -0.15) is 0 Å². The summed E-state index contributed by atoms with van der Waals surface area (Å²) in [7, 11) is 1.72. The van der Waals surface area contributed by atoms with E-state index < -0.39 is 0 Å². The van der Waals surface area contributed by atoms with Gasteiger partial charge in [-0.1, -0.05) is 24.3 Å². The lowest BCUT2D eigenvalue weighted by molar-refractivity contribution is -0.114. The lowest BCUT2D eigenvalue weighted by Crippen LogP contribution is -2.43. The summed E-state index contributed by atoms with van der Waals surface area (Å²) in [6, 6.07) is 15.3. The van der Waals surface area contributed by atoms with E-state index >= 15 is 0 Å². The van der Waals surface area contributed by atoms with Crippen molar-refractivity contribution in [3.8, 4) is 11.5 Å². The molecule has 7 nitrogen and oxygen atoms in total. The highest BCUT2D eigenvalue weighted by Crippen LogP contribution is 2.18. The zero-order valence-corrected chi connectivity index (χ0v) is 17.5. The predicted molar refractivity (Wildman–Crippen MR) is 117 cm³/mol. The number of aliphatic imine (C=N–C) groups is 1. The molecule has 1 unspecified atom stereocenters. The first-order valence-electron chi connectivity index (χ1n) is 9.65. The Morgan fingerprint density at radius 3 is 2.66 bits per heavy atom. The SMILES string of the molecule is CN=C(NCCOc1cccc(NC(C)=O)c1)NCC(C)Oc1ccccc1C. The molecule has 0 aromatic heterocycles. The summed E-state index contributed by atoms with van der Waals surface area (Å²) in [6.45, 7) is 7.17. The van der Waals surface area contributed by atoms with Gasteiger partial charge in [-0.3, -0.25) is 9.79 Å². The van der Waals surface area contributed by atoms with E-state index in [0.29, 0.717) is 37.1 Å². The normalized spacial score (nSPS) is 12.1. The van der Waals surface area contributed by atoms with Gasteiger partial charge in [-0.25, -0.2) is 0 Å². The molecular weight excluding hydrogens is 368 g/mol. The average molecular weight is 399 g/mol. The molecule has 7 heteroatoms. The molecule has 1 amide bonds. The van der Waals surface area contributed by atoms with E-state index in [0.717, 1.165) is 11.3 Å². The number of hydrogen-bond donors (Lipinski definition) is 3. The van der Waals surface area contributed by atoms with Crippen LogP contribution in [0.25, 0.3) is 0 Å². The van der Waals surface area contributed by atoms with Gasteiger partial charge in [0.25, 0.3) is 0 Å². The van der Waals surface area contributed by atoms with Crippen LogP contribution in [0.3, 0.4) is 0 Å². The van der Waals surface area contributed by atoms with Crippen LogP contribution in [0.4, 0.5) is 5.69 Å². The Balaban J connectivity index is 1.70. The first-order valence-corrected chi connectivity index (χ1v) is 9.65. The third-order valence-electron chi connectivity index (χ3n) is 4.02.